The number of allylic oxidation sites excluding steroid dienone is 1. The van der Waals surface area contributed by atoms with Gasteiger partial charge in [-0.25, -0.2) is 0 Å². The molecule has 9 nitrogen and oxygen atoms in total. The van der Waals surface area contributed by atoms with Gasteiger partial charge in [0.1, 0.15) is 12.2 Å². The minimum Gasteiger partial charge on any atom is -0.481 e. The maximum Gasteiger partial charge on any atom is 0.309 e. The number of rotatable bonds is 14. The summed E-state index contributed by atoms with van der Waals surface area (Å²) in [6, 6.07) is 7.95. The average Bonchev–Trinajstić information content (AvgIpc) is 3.45. The minimum absolute atomic E-state index is 0.0154. The Kier molecular flexibility index (Phi) is 13.1. The molecule has 4 saturated carbocycles. The van der Waals surface area contributed by atoms with E-state index in [9.17, 15) is 24.3 Å². The third-order valence-corrected chi connectivity index (χ3v) is 17.4. The highest BCUT2D eigenvalue weighted by molar-refractivity contribution is 6.31. The smallest absolute Gasteiger partial charge is 0.309 e. The third kappa shape index (κ3) is 8.20. The fraction of sp³-hybridized carbons (Fsp3) is 0.755. The second-order valence-corrected chi connectivity index (χ2v) is 21.8. The lowest BCUT2D eigenvalue weighted by molar-refractivity contribution is -0.219. The number of hydrogen-bond acceptors (Lipinski definition) is 8. The van der Waals surface area contributed by atoms with Crippen LogP contribution in [0.5, 0.6) is 0 Å². The molecular weight excluding hydrogens is 764 g/mol. The molecule has 1 N–H and O–H groups in total. The Morgan fingerprint density at radius 3 is 2.29 bits per heavy atom. The van der Waals surface area contributed by atoms with E-state index in [-0.39, 0.29) is 58.3 Å². The van der Waals surface area contributed by atoms with E-state index < -0.39 is 28.9 Å². The van der Waals surface area contributed by atoms with Gasteiger partial charge in [-0.05, 0) is 148 Å². The number of likely N-dealkylation sites (N-methyl/N-ethyl adjacent to an activating group) is 1. The maximum atomic E-state index is 14.5. The molecule has 59 heavy (non-hydrogen) atoms. The fourth-order valence-corrected chi connectivity index (χ4v) is 13.9. The van der Waals surface area contributed by atoms with Gasteiger partial charge in [0, 0.05) is 50.0 Å². The summed E-state index contributed by atoms with van der Waals surface area (Å²) in [4.78, 5) is 57.1. The first-order chi connectivity index (χ1) is 27.5. The molecule has 10 heteroatoms. The zero-order valence-electron chi connectivity index (χ0n) is 37.9. The van der Waals surface area contributed by atoms with Crippen LogP contribution in [0.2, 0.25) is 5.02 Å². The summed E-state index contributed by atoms with van der Waals surface area (Å²) in [5.41, 5.74) is 1.58. The summed E-state index contributed by atoms with van der Waals surface area (Å²) in [7, 11) is 4.14. The summed E-state index contributed by atoms with van der Waals surface area (Å²) in [6.45, 7) is 21.6. The third-order valence-electron chi connectivity index (χ3n) is 17.0. The molecule has 5 aliphatic carbocycles. The fourth-order valence-electron chi connectivity index (χ4n) is 13.7. The number of hydrogen-bond donors (Lipinski definition) is 1. The van der Waals surface area contributed by atoms with Crippen molar-refractivity contribution in [3.63, 3.8) is 0 Å². The highest BCUT2D eigenvalue weighted by atomic mass is 35.5. The topological polar surface area (TPSA) is 113 Å². The molecule has 5 aliphatic rings. The van der Waals surface area contributed by atoms with Crippen LogP contribution in [0.4, 0.5) is 0 Å². The summed E-state index contributed by atoms with van der Waals surface area (Å²) in [6.07, 6.45) is 7.22. The molecule has 4 fully saturated rings. The van der Waals surface area contributed by atoms with Crippen LogP contribution in [-0.2, 0) is 35.2 Å². The molecule has 6 rings (SSSR count). The molecule has 0 radical (unpaired) electrons. The van der Waals surface area contributed by atoms with Crippen molar-refractivity contribution in [2.45, 2.75) is 145 Å². The standard InChI is InChI=1S/C49H73ClN2O7/c1-30(2)42-37(54)26-49(40(58-32(4)53)29-52(25-24-51(10)11)28-33-14-12-13-15-36(33)50)23-22-47(8)35(43(42)49)16-17-39-46(7)20-19-38(31(3)34(46)18-21-48(39,47)9)59-41(55)27-45(5,6)44(56)57/h12-15,30-31,34-35,38-40H,16-29H2,1-11H3,(H,56,57)/t31?,34?,35?,38?,39?,40?,46?,47-,48?,49?/m1/s1. The highest BCUT2D eigenvalue weighted by Crippen LogP contribution is 2.76. The number of ketones is 1. The Bertz CT molecular complexity index is 1820. The van der Waals surface area contributed by atoms with E-state index in [0.29, 0.717) is 36.4 Å². The molecule has 0 aliphatic heterocycles. The number of nitrogens with zero attached hydrogens (tertiary/aromatic N) is 2. The highest BCUT2D eigenvalue weighted by Gasteiger charge is 2.70. The van der Waals surface area contributed by atoms with Crippen molar-refractivity contribution in [1.82, 2.24) is 9.80 Å². The number of carboxylic acid groups (broad SMARTS) is 1. The van der Waals surface area contributed by atoms with Gasteiger partial charge in [-0.2, -0.15) is 0 Å². The van der Waals surface area contributed by atoms with Crippen molar-refractivity contribution in [3.8, 4) is 0 Å². The lowest BCUT2D eigenvalue weighted by Gasteiger charge is -2.71. The summed E-state index contributed by atoms with van der Waals surface area (Å²) in [5, 5.41) is 10.3. The summed E-state index contributed by atoms with van der Waals surface area (Å²) >= 11 is 6.73. The number of Topliss-reactive ketones (excluding diaryl/α,β-unsaturated/α-hetero) is 1. The number of benzene rings is 1. The van der Waals surface area contributed by atoms with Gasteiger partial charge in [-0.15, -0.1) is 0 Å². The van der Waals surface area contributed by atoms with Crippen molar-refractivity contribution in [2.24, 2.45) is 56.7 Å². The zero-order valence-corrected chi connectivity index (χ0v) is 38.7. The van der Waals surface area contributed by atoms with Gasteiger partial charge in [0.25, 0.3) is 0 Å². The summed E-state index contributed by atoms with van der Waals surface area (Å²) in [5.74, 6) is -0.214. The van der Waals surface area contributed by atoms with E-state index in [1.54, 1.807) is 13.8 Å². The predicted octanol–water partition coefficient (Wildman–Crippen LogP) is 9.64. The molecular formula is C49H73ClN2O7. The second-order valence-electron chi connectivity index (χ2n) is 21.4. The second kappa shape index (κ2) is 16.8. The van der Waals surface area contributed by atoms with Crippen molar-refractivity contribution in [2.75, 3.05) is 33.7 Å². The molecule has 0 amide bonds. The largest absolute Gasteiger partial charge is 0.481 e. The van der Waals surface area contributed by atoms with Gasteiger partial charge in [-0.1, -0.05) is 71.3 Å². The van der Waals surface area contributed by atoms with Gasteiger partial charge in [0.2, 0.25) is 0 Å². The van der Waals surface area contributed by atoms with Gasteiger partial charge >= 0.3 is 17.9 Å². The molecule has 1 aromatic rings. The first-order valence-electron chi connectivity index (χ1n) is 22.5. The van der Waals surface area contributed by atoms with E-state index in [1.807, 2.05) is 18.2 Å². The summed E-state index contributed by atoms with van der Waals surface area (Å²) < 4.78 is 12.6. The normalized spacial score (nSPS) is 34.9. The van der Waals surface area contributed by atoms with Gasteiger partial charge in [-0.3, -0.25) is 24.1 Å². The van der Waals surface area contributed by atoms with Crippen LogP contribution < -0.4 is 0 Å². The zero-order chi connectivity index (χ0) is 43.5. The first-order valence-corrected chi connectivity index (χ1v) is 22.9. The molecule has 0 saturated heterocycles. The van der Waals surface area contributed by atoms with Crippen LogP contribution in [0, 0.1) is 56.7 Å². The van der Waals surface area contributed by atoms with Crippen LogP contribution in [0.3, 0.4) is 0 Å². The number of carbonyl (C=O) groups excluding carboxylic acids is 3. The average molecular weight is 838 g/mol. The van der Waals surface area contributed by atoms with Crippen LogP contribution >= 0.6 is 11.6 Å². The van der Waals surface area contributed by atoms with E-state index in [4.69, 9.17) is 21.1 Å². The van der Waals surface area contributed by atoms with Crippen molar-refractivity contribution in [1.29, 1.82) is 0 Å². The van der Waals surface area contributed by atoms with E-state index in [0.717, 1.165) is 75.6 Å². The van der Waals surface area contributed by atoms with E-state index >= 15 is 0 Å². The van der Waals surface area contributed by atoms with E-state index in [2.05, 4.69) is 71.5 Å². The van der Waals surface area contributed by atoms with Crippen LogP contribution in [0.1, 0.15) is 132 Å². The monoisotopic (exact) mass is 837 g/mol. The van der Waals surface area contributed by atoms with Gasteiger partial charge in [0.05, 0.1) is 11.8 Å². The molecule has 1 aromatic carbocycles. The van der Waals surface area contributed by atoms with Crippen molar-refractivity contribution < 1.29 is 33.8 Å². The minimum atomic E-state index is -1.17. The number of carbonyl (C=O) groups is 4. The SMILES string of the molecule is CC(=O)OC(CN(CCN(C)C)Cc1ccccc1Cl)C12CC[C@]3(C)C(CCC4C5(C)CCC(OC(=O)CC(C)(C)C(=O)O)C(C)C5CCC43C)C1=C(C(C)C)C(=O)C2. The van der Waals surface area contributed by atoms with Crippen molar-refractivity contribution in [3.05, 3.63) is 46.0 Å². The van der Waals surface area contributed by atoms with Crippen LogP contribution in [0.15, 0.2) is 35.4 Å². The Balaban J connectivity index is 1.32. The van der Waals surface area contributed by atoms with Crippen molar-refractivity contribution >= 4 is 35.3 Å². The number of aliphatic carboxylic acids is 1. The number of carboxylic acids is 1. The molecule has 328 valence electrons. The van der Waals surface area contributed by atoms with Crippen LogP contribution in [0.25, 0.3) is 0 Å². The molecule has 10 atom stereocenters. The number of esters is 2. The Morgan fingerprint density at radius 2 is 1.66 bits per heavy atom. The van der Waals surface area contributed by atoms with Gasteiger partial charge in [0.15, 0.2) is 5.78 Å². The number of ether oxygens (including phenoxy) is 2. The Hall–Kier alpha value is -2.75. The molecule has 0 bridgehead atoms. The Labute approximate surface area is 359 Å². The molecule has 9 unspecified atom stereocenters. The maximum absolute atomic E-state index is 14.5. The predicted molar refractivity (Wildman–Crippen MR) is 232 cm³/mol. The lowest BCUT2D eigenvalue weighted by atomic mass is 9.33. The molecule has 0 heterocycles. The number of halogens is 1. The number of fused-ring (bicyclic) bond motifs is 7. The quantitative estimate of drug-likeness (QED) is 0.183. The van der Waals surface area contributed by atoms with E-state index in [1.165, 1.54) is 12.5 Å². The molecule has 0 spiro atoms. The first kappa shape index (κ1) is 45.8. The van der Waals surface area contributed by atoms with Crippen LogP contribution in [-0.4, -0.2) is 84.5 Å². The Morgan fingerprint density at radius 1 is 0.966 bits per heavy atom. The van der Waals surface area contributed by atoms with Gasteiger partial charge < -0.3 is 19.5 Å². The lowest BCUT2D eigenvalue weighted by Crippen LogP contribution is -2.65. The molecule has 0 aromatic heterocycles.